The first-order valence-corrected chi connectivity index (χ1v) is 6.60. The number of nitrogens with zero attached hydrogens (tertiary/aromatic N) is 1. The van der Waals surface area contributed by atoms with Gasteiger partial charge in [-0.25, -0.2) is 0 Å². The van der Waals surface area contributed by atoms with E-state index in [-0.39, 0.29) is 0 Å². The average Bonchev–Trinajstić information content (AvgIpc) is 2.71. The molecule has 0 aliphatic carbocycles. The Kier molecular flexibility index (Phi) is 6.30. The highest BCUT2D eigenvalue weighted by Gasteiger charge is 2.09. The third kappa shape index (κ3) is 5.37. The van der Waals surface area contributed by atoms with Crippen molar-refractivity contribution in [3.05, 3.63) is 23.7 Å². The van der Waals surface area contributed by atoms with Gasteiger partial charge in [-0.05, 0) is 26.1 Å². The largest absolute Gasteiger partial charge is 0.468 e. The fourth-order valence-corrected chi connectivity index (χ4v) is 1.76. The Bertz CT molecular complexity index is 307. The van der Waals surface area contributed by atoms with Gasteiger partial charge in [-0.3, -0.25) is 0 Å². The minimum absolute atomic E-state index is 0.491. The van der Waals surface area contributed by atoms with Gasteiger partial charge in [0.25, 0.3) is 0 Å². The van der Waals surface area contributed by atoms with Gasteiger partial charge in [0.2, 0.25) is 0 Å². The van der Waals surface area contributed by atoms with Crippen molar-refractivity contribution in [1.82, 2.24) is 10.2 Å². The molecule has 0 aromatic carbocycles. The van der Waals surface area contributed by atoms with Crippen LogP contribution in [0.1, 0.15) is 44.9 Å². The van der Waals surface area contributed by atoms with Gasteiger partial charge in [0, 0.05) is 18.2 Å². The third-order valence-corrected chi connectivity index (χ3v) is 2.84. The Morgan fingerprint density at radius 3 is 2.82 bits per heavy atom. The van der Waals surface area contributed by atoms with Crippen molar-refractivity contribution in [2.75, 3.05) is 13.6 Å². The number of furan rings is 1. The molecule has 3 heteroatoms. The Hall–Kier alpha value is -0.800. The van der Waals surface area contributed by atoms with Crippen LogP contribution in [0.15, 0.2) is 16.7 Å². The molecule has 1 aromatic rings. The molecule has 0 spiro atoms. The SMILES string of the molecule is CCCCN(C)Cc1ccoc1CNC(C)C. The van der Waals surface area contributed by atoms with Crippen LogP contribution in [0.5, 0.6) is 0 Å². The van der Waals surface area contributed by atoms with E-state index in [0.717, 1.165) is 25.4 Å². The molecule has 0 aliphatic rings. The standard InChI is InChI=1S/C14H26N2O/c1-5-6-8-16(4)11-13-7-9-17-14(13)10-15-12(2)3/h7,9,12,15H,5-6,8,10-11H2,1-4H3. The van der Waals surface area contributed by atoms with Crippen molar-refractivity contribution < 1.29 is 4.42 Å². The van der Waals surface area contributed by atoms with E-state index >= 15 is 0 Å². The van der Waals surface area contributed by atoms with Gasteiger partial charge in [-0.15, -0.1) is 0 Å². The van der Waals surface area contributed by atoms with Gasteiger partial charge in [-0.1, -0.05) is 27.2 Å². The summed E-state index contributed by atoms with van der Waals surface area (Å²) in [7, 11) is 2.17. The molecule has 1 aromatic heterocycles. The Morgan fingerprint density at radius 1 is 1.41 bits per heavy atom. The maximum atomic E-state index is 5.53. The van der Waals surface area contributed by atoms with Crippen LogP contribution in [-0.4, -0.2) is 24.5 Å². The number of nitrogens with one attached hydrogen (secondary N) is 1. The highest BCUT2D eigenvalue weighted by atomic mass is 16.3. The predicted molar refractivity (Wildman–Crippen MR) is 71.9 cm³/mol. The summed E-state index contributed by atoms with van der Waals surface area (Å²) >= 11 is 0. The van der Waals surface area contributed by atoms with Crippen LogP contribution >= 0.6 is 0 Å². The molecular formula is C14H26N2O. The van der Waals surface area contributed by atoms with Gasteiger partial charge in [0.05, 0.1) is 12.8 Å². The molecule has 98 valence electrons. The van der Waals surface area contributed by atoms with Crippen molar-refractivity contribution in [1.29, 1.82) is 0 Å². The van der Waals surface area contributed by atoms with Crippen molar-refractivity contribution in [3.8, 4) is 0 Å². The van der Waals surface area contributed by atoms with E-state index in [4.69, 9.17) is 4.42 Å². The summed E-state index contributed by atoms with van der Waals surface area (Å²) in [6, 6.07) is 2.57. The van der Waals surface area contributed by atoms with Crippen LogP contribution in [0.25, 0.3) is 0 Å². The monoisotopic (exact) mass is 238 g/mol. The predicted octanol–water partition coefficient (Wildman–Crippen LogP) is 3.01. The first-order valence-electron chi connectivity index (χ1n) is 6.60. The highest BCUT2D eigenvalue weighted by molar-refractivity contribution is 5.16. The molecule has 0 unspecified atom stereocenters. The lowest BCUT2D eigenvalue weighted by Crippen LogP contribution is -2.23. The summed E-state index contributed by atoms with van der Waals surface area (Å²) in [5.41, 5.74) is 1.30. The van der Waals surface area contributed by atoms with E-state index in [1.165, 1.54) is 18.4 Å². The summed E-state index contributed by atoms with van der Waals surface area (Å²) in [5.74, 6) is 1.07. The number of rotatable bonds is 8. The molecule has 0 fully saturated rings. The second-order valence-corrected chi connectivity index (χ2v) is 5.00. The smallest absolute Gasteiger partial charge is 0.122 e. The quantitative estimate of drug-likeness (QED) is 0.754. The molecule has 0 atom stereocenters. The minimum atomic E-state index is 0.491. The van der Waals surface area contributed by atoms with Crippen LogP contribution in [0.4, 0.5) is 0 Å². The molecule has 1 N–H and O–H groups in total. The van der Waals surface area contributed by atoms with Crippen LogP contribution in [0.2, 0.25) is 0 Å². The fourth-order valence-electron chi connectivity index (χ4n) is 1.76. The second kappa shape index (κ2) is 7.51. The maximum absolute atomic E-state index is 5.53. The summed E-state index contributed by atoms with van der Waals surface area (Å²) < 4.78 is 5.53. The summed E-state index contributed by atoms with van der Waals surface area (Å²) in [4.78, 5) is 2.35. The van der Waals surface area contributed by atoms with E-state index in [1.54, 1.807) is 6.26 Å². The van der Waals surface area contributed by atoms with E-state index in [9.17, 15) is 0 Å². The van der Waals surface area contributed by atoms with Crippen LogP contribution in [0.3, 0.4) is 0 Å². The zero-order valence-electron chi connectivity index (χ0n) is 11.6. The fraction of sp³-hybridized carbons (Fsp3) is 0.714. The van der Waals surface area contributed by atoms with E-state index in [2.05, 4.69) is 44.1 Å². The average molecular weight is 238 g/mol. The first kappa shape index (κ1) is 14.3. The highest BCUT2D eigenvalue weighted by Crippen LogP contribution is 2.13. The van der Waals surface area contributed by atoms with Crippen LogP contribution in [-0.2, 0) is 13.1 Å². The van der Waals surface area contributed by atoms with Gasteiger partial charge in [0.1, 0.15) is 5.76 Å². The topological polar surface area (TPSA) is 28.4 Å². The molecule has 3 nitrogen and oxygen atoms in total. The molecule has 0 saturated heterocycles. The van der Waals surface area contributed by atoms with Gasteiger partial charge in [0.15, 0.2) is 0 Å². The van der Waals surface area contributed by atoms with Crippen molar-refractivity contribution in [2.45, 2.75) is 52.7 Å². The Balaban J connectivity index is 2.44. The molecule has 0 saturated carbocycles. The zero-order chi connectivity index (χ0) is 12.7. The van der Waals surface area contributed by atoms with E-state index in [0.29, 0.717) is 6.04 Å². The summed E-state index contributed by atoms with van der Waals surface area (Å²) in [6.07, 6.45) is 4.30. The maximum Gasteiger partial charge on any atom is 0.122 e. The lowest BCUT2D eigenvalue weighted by Gasteiger charge is -2.16. The van der Waals surface area contributed by atoms with Crippen LogP contribution in [0, 0.1) is 0 Å². The number of hydrogen-bond acceptors (Lipinski definition) is 3. The molecule has 0 aliphatic heterocycles. The molecule has 1 rings (SSSR count). The lowest BCUT2D eigenvalue weighted by atomic mass is 10.2. The first-order chi connectivity index (χ1) is 8.13. The third-order valence-electron chi connectivity index (χ3n) is 2.84. The molecular weight excluding hydrogens is 212 g/mol. The van der Waals surface area contributed by atoms with E-state index in [1.807, 2.05) is 0 Å². The molecule has 1 heterocycles. The molecule has 17 heavy (non-hydrogen) atoms. The van der Waals surface area contributed by atoms with E-state index < -0.39 is 0 Å². The summed E-state index contributed by atoms with van der Waals surface area (Å²) in [6.45, 7) is 9.47. The normalized spacial score (nSPS) is 11.6. The van der Waals surface area contributed by atoms with Gasteiger partial charge >= 0.3 is 0 Å². The molecule has 0 radical (unpaired) electrons. The Morgan fingerprint density at radius 2 is 2.18 bits per heavy atom. The van der Waals surface area contributed by atoms with Crippen molar-refractivity contribution in [2.24, 2.45) is 0 Å². The van der Waals surface area contributed by atoms with Crippen molar-refractivity contribution in [3.63, 3.8) is 0 Å². The van der Waals surface area contributed by atoms with Gasteiger partial charge in [-0.2, -0.15) is 0 Å². The minimum Gasteiger partial charge on any atom is -0.468 e. The number of hydrogen-bond donors (Lipinski definition) is 1. The molecule has 0 amide bonds. The van der Waals surface area contributed by atoms with Gasteiger partial charge < -0.3 is 14.6 Å². The second-order valence-electron chi connectivity index (χ2n) is 5.00. The van der Waals surface area contributed by atoms with Crippen LogP contribution < -0.4 is 5.32 Å². The Labute approximate surface area is 105 Å². The molecule has 0 bridgehead atoms. The summed E-state index contributed by atoms with van der Waals surface area (Å²) in [5, 5.41) is 3.39. The number of unbranched alkanes of at least 4 members (excludes halogenated alkanes) is 1. The zero-order valence-corrected chi connectivity index (χ0v) is 11.6. The lowest BCUT2D eigenvalue weighted by molar-refractivity contribution is 0.316. The van der Waals surface area contributed by atoms with Crippen molar-refractivity contribution >= 4 is 0 Å².